The van der Waals surface area contributed by atoms with Crippen LogP contribution in [-0.4, -0.2) is 46.5 Å². The third-order valence-electron chi connectivity index (χ3n) is 6.42. The van der Waals surface area contributed by atoms with Gasteiger partial charge in [0.25, 0.3) is 11.5 Å². The maximum atomic E-state index is 13.7. The van der Waals surface area contributed by atoms with E-state index in [2.05, 4.69) is 29.2 Å². The Hall–Kier alpha value is -3.18. The highest BCUT2D eigenvalue weighted by Gasteiger charge is 2.30. The number of hydrogen-bond donors (Lipinski definition) is 0. The molecule has 0 radical (unpaired) electrons. The van der Waals surface area contributed by atoms with Crippen molar-refractivity contribution in [2.75, 3.05) is 26.2 Å². The van der Waals surface area contributed by atoms with Crippen LogP contribution < -0.4 is 5.56 Å². The topological polar surface area (TPSA) is 45.6 Å². The minimum atomic E-state index is -0.00409. The number of piperazine rings is 1. The van der Waals surface area contributed by atoms with Crippen LogP contribution >= 0.6 is 0 Å². The second-order valence-electron chi connectivity index (χ2n) is 8.39. The van der Waals surface area contributed by atoms with E-state index >= 15 is 0 Å². The number of carbonyl (C=O) groups excluding carboxylic acids is 1. The first-order valence-corrected chi connectivity index (χ1v) is 11.1. The van der Waals surface area contributed by atoms with Crippen LogP contribution in [0.3, 0.4) is 0 Å². The average molecular weight is 414 g/mol. The van der Waals surface area contributed by atoms with Crippen molar-refractivity contribution in [3.8, 4) is 11.1 Å². The molecule has 1 amide bonds. The molecule has 2 aliphatic heterocycles. The normalized spacial score (nSPS) is 16.3. The van der Waals surface area contributed by atoms with Crippen molar-refractivity contribution in [2.45, 2.75) is 25.9 Å². The van der Waals surface area contributed by atoms with Crippen molar-refractivity contribution < 1.29 is 4.79 Å². The van der Waals surface area contributed by atoms with Crippen LogP contribution in [0.4, 0.5) is 0 Å². The van der Waals surface area contributed by atoms with E-state index < -0.39 is 0 Å². The van der Waals surface area contributed by atoms with Crippen LogP contribution in [-0.2, 0) is 19.5 Å². The van der Waals surface area contributed by atoms with Crippen LogP contribution in [0.25, 0.3) is 11.1 Å². The first-order valence-electron chi connectivity index (χ1n) is 11.1. The molecule has 1 saturated heterocycles. The summed E-state index contributed by atoms with van der Waals surface area (Å²) in [6, 6.07) is 22.0. The Labute approximate surface area is 182 Å². The zero-order valence-corrected chi connectivity index (χ0v) is 17.7. The fourth-order valence-corrected chi connectivity index (χ4v) is 4.80. The van der Waals surface area contributed by atoms with Gasteiger partial charge in [-0.25, -0.2) is 0 Å². The molecule has 3 aromatic rings. The molecule has 2 aromatic carbocycles. The number of fused-ring (bicyclic) bond motifs is 1. The highest BCUT2D eigenvalue weighted by molar-refractivity contribution is 6.02. The Morgan fingerprint density at radius 3 is 2.23 bits per heavy atom. The van der Waals surface area contributed by atoms with E-state index in [-0.39, 0.29) is 11.5 Å². The molecule has 31 heavy (non-hydrogen) atoms. The number of rotatable bonds is 4. The predicted octanol–water partition coefficient (Wildman–Crippen LogP) is 3.42. The van der Waals surface area contributed by atoms with Crippen LogP contribution in [0.1, 0.15) is 28.0 Å². The first-order chi connectivity index (χ1) is 15.2. The molecule has 5 nitrogen and oxygen atoms in total. The molecular weight excluding hydrogens is 386 g/mol. The van der Waals surface area contributed by atoms with E-state index in [1.807, 2.05) is 41.3 Å². The van der Waals surface area contributed by atoms with Gasteiger partial charge in [-0.3, -0.25) is 14.5 Å². The molecule has 0 saturated carbocycles. The van der Waals surface area contributed by atoms with Crippen LogP contribution in [0.5, 0.6) is 0 Å². The van der Waals surface area contributed by atoms with Crippen molar-refractivity contribution in [3.05, 3.63) is 93.9 Å². The molecule has 5 rings (SSSR count). The molecule has 158 valence electrons. The average Bonchev–Trinajstić information content (AvgIpc) is 3.31. The second-order valence-corrected chi connectivity index (χ2v) is 8.39. The highest BCUT2D eigenvalue weighted by Crippen LogP contribution is 2.29. The molecule has 0 N–H and O–H groups in total. The largest absolute Gasteiger partial charge is 0.336 e. The predicted molar refractivity (Wildman–Crippen MR) is 122 cm³/mol. The third kappa shape index (κ3) is 3.93. The van der Waals surface area contributed by atoms with Gasteiger partial charge in [-0.15, -0.1) is 0 Å². The number of nitrogens with zero attached hydrogens (tertiary/aromatic N) is 3. The fraction of sp³-hybridized carbons (Fsp3) is 0.308. The molecule has 0 spiro atoms. The van der Waals surface area contributed by atoms with Crippen molar-refractivity contribution >= 4 is 5.91 Å². The summed E-state index contributed by atoms with van der Waals surface area (Å²) in [5.74, 6) is 0.0591. The summed E-state index contributed by atoms with van der Waals surface area (Å²) in [6.45, 7) is 4.74. The van der Waals surface area contributed by atoms with Crippen molar-refractivity contribution in [1.29, 1.82) is 0 Å². The Morgan fingerprint density at radius 2 is 1.52 bits per heavy atom. The lowest BCUT2D eigenvalue weighted by Gasteiger charge is -2.35. The Morgan fingerprint density at radius 1 is 0.839 bits per heavy atom. The quantitative estimate of drug-likeness (QED) is 0.658. The standard InChI is InChI=1S/C26H27N3O2/c30-24-18-22(21-10-5-2-6-11-21)25(23-12-7-13-29(23)24)26(31)28-16-14-27(15-17-28)19-20-8-3-1-4-9-20/h1-6,8-11,18H,7,12-17,19H2. The van der Waals surface area contributed by atoms with Gasteiger partial charge >= 0.3 is 0 Å². The lowest BCUT2D eigenvalue weighted by molar-refractivity contribution is 0.0627. The van der Waals surface area contributed by atoms with Gasteiger partial charge in [0.05, 0.1) is 5.56 Å². The van der Waals surface area contributed by atoms with E-state index in [0.717, 1.165) is 54.9 Å². The Bertz CT molecular complexity index is 1130. The zero-order valence-electron chi connectivity index (χ0n) is 17.7. The Balaban J connectivity index is 1.41. The molecule has 0 atom stereocenters. The minimum absolute atomic E-state index is 0.00409. The van der Waals surface area contributed by atoms with Crippen molar-refractivity contribution in [3.63, 3.8) is 0 Å². The van der Waals surface area contributed by atoms with E-state index in [1.165, 1.54) is 5.56 Å². The molecular formula is C26H27N3O2. The van der Waals surface area contributed by atoms with Gasteiger partial charge in [0.15, 0.2) is 0 Å². The maximum Gasteiger partial charge on any atom is 0.256 e. The zero-order chi connectivity index (χ0) is 21.2. The van der Waals surface area contributed by atoms with E-state index in [4.69, 9.17) is 0 Å². The molecule has 0 unspecified atom stereocenters. The highest BCUT2D eigenvalue weighted by atomic mass is 16.2. The number of pyridine rings is 1. The second kappa shape index (κ2) is 8.52. The molecule has 0 bridgehead atoms. The summed E-state index contributed by atoms with van der Waals surface area (Å²) in [4.78, 5) is 30.8. The van der Waals surface area contributed by atoms with Gasteiger partial charge < -0.3 is 9.47 Å². The van der Waals surface area contributed by atoms with Crippen molar-refractivity contribution in [2.24, 2.45) is 0 Å². The lowest BCUT2D eigenvalue weighted by Crippen LogP contribution is -2.48. The first kappa shape index (κ1) is 19.8. The van der Waals surface area contributed by atoms with E-state index in [0.29, 0.717) is 19.6 Å². The molecule has 5 heteroatoms. The molecule has 1 aromatic heterocycles. The maximum absolute atomic E-state index is 13.7. The van der Waals surface area contributed by atoms with Crippen LogP contribution in [0.15, 0.2) is 71.5 Å². The summed E-state index contributed by atoms with van der Waals surface area (Å²) >= 11 is 0. The number of carbonyl (C=O) groups is 1. The number of amides is 1. The SMILES string of the molecule is O=C(c1c(-c2ccccc2)cc(=O)n2c1CCC2)N1CCN(Cc2ccccc2)CC1. The number of benzene rings is 2. The number of aromatic nitrogens is 1. The van der Waals surface area contributed by atoms with Gasteiger partial charge in [0.1, 0.15) is 0 Å². The molecule has 2 aliphatic rings. The number of hydrogen-bond acceptors (Lipinski definition) is 3. The Kier molecular flexibility index (Phi) is 5.43. The molecule has 3 heterocycles. The van der Waals surface area contributed by atoms with Gasteiger partial charge in [-0.05, 0) is 24.0 Å². The summed E-state index contributed by atoms with van der Waals surface area (Å²) in [5, 5.41) is 0. The van der Waals surface area contributed by atoms with E-state index in [9.17, 15) is 9.59 Å². The molecule has 1 fully saturated rings. The van der Waals surface area contributed by atoms with E-state index in [1.54, 1.807) is 10.6 Å². The van der Waals surface area contributed by atoms with Crippen LogP contribution in [0, 0.1) is 0 Å². The summed E-state index contributed by atoms with van der Waals surface area (Å²) in [6.07, 6.45) is 1.70. The van der Waals surface area contributed by atoms with Gasteiger partial charge in [0, 0.05) is 56.6 Å². The van der Waals surface area contributed by atoms with Gasteiger partial charge in [0.2, 0.25) is 0 Å². The summed E-state index contributed by atoms with van der Waals surface area (Å²) in [7, 11) is 0. The fourth-order valence-electron chi connectivity index (χ4n) is 4.80. The van der Waals surface area contributed by atoms with Gasteiger partial charge in [-0.1, -0.05) is 60.7 Å². The van der Waals surface area contributed by atoms with Crippen molar-refractivity contribution in [1.82, 2.24) is 14.4 Å². The summed E-state index contributed by atoms with van der Waals surface area (Å²) in [5.41, 5.74) is 4.63. The van der Waals surface area contributed by atoms with Crippen LogP contribution in [0.2, 0.25) is 0 Å². The monoisotopic (exact) mass is 413 g/mol. The third-order valence-corrected chi connectivity index (χ3v) is 6.42. The van der Waals surface area contributed by atoms with Gasteiger partial charge in [-0.2, -0.15) is 0 Å². The minimum Gasteiger partial charge on any atom is -0.336 e. The molecule has 0 aliphatic carbocycles. The summed E-state index contributed by atoms with van der Waals surface area (Å²) < 4.78 is 1.80. The smallest absolute Gasteiger partial charge is 0.256 e. The lowest BCUT2D eigenvalue weighted by atomic mass is 9.96.